The summed E-state index contributed by atoms with van der Waals surface area (Å²) in [7, 11) is 3.03. The third kappa shape index (κ3) is 4.51. The van der Waals surface area contributed by atoms with Gasteiger partial charge in [0, 0.05) is 11.6 Å². The molecular weight excluding hydrogens is 286 g/mol. The molecule has 0 fully saturated rings. The molecule has 0 unspecified atom stereocenters. The zero-order valence-electron chi connectivity index (χ0n) is 13.1. The summed E-state index contributed by atoms with van der Waals surface area (Å²) >= 11 is 0. The van der Waals surface area contributed by atoms with Crippen LogP contribution in [0.3, 0.4) is 0 Å². The van der Waals surface area contributed by atoms with Gasteiger partial charge in [-0.15, -0.1) is 0 Å². The van der Waals surface area contributed by atoms with Gasteiger partial charge in [-0.05, 0) is 18.1 Å². The molecule has 120 valence electrons. The fraction of sp³-hybridized carbons (Fsp3) is 0.375. The van der Waals surface area contributed by atoms with Crippen molar-refractivity contribution in [2.24, 2.45) is 5.92 Å². The standard InChI is InChI=1S/C16H21NO5/c1-10(2)14(16(19)20)17-13(18)9-8-11-6-5-7-12(21-3)15(11)22-4/h5-10,14H,1-4H3,(H,17,18)(H,19,20)/b9-8+/t14-/m1/s1. The second kappa shape index (κ2) is 8.07. The fourth-order valence-electron chi connectivity index (χ4n) is 1.92. The van der Waals surface area contributed by atoms with Crippen LogP contribution >= 0.6 is 0 Å². The molecule has 1 rings (SSSR count). The molecule has 6 nitrogen and oxygen atoms in total. The Morgan fingerprint density at radius 1 is 1.23 bits per heavy atom. The number of amides is 1. The Bertz CT molecular complexity index is 566. The highest BCUT2D eigenvalue weighted by atomic mass is 16.5. The summed E-state index contributed by atoms with van der Waals surface area (Å²) in [5.74, 6) is -0.689. The monoisotopic (exact) mass is 307 g/mol. The number of carbonyl (C=O) groups is 2. The summed E-state index contributed by atoms with van der Waals surface area (Å²) in [6.07, 6.45) is 2.82. The smallest absolute Gasteiger partial charge is 0.326 e. The van der Waals surface area contributed by atoms with Crippen LogP contribution in [-0.4, -0.2) is 37.2 Å². The van der Waals surface area contributed by atoms with Crippen LogP contribution in [0.1, 0.15) is 19.4 Å². The minimum atomic E-state index is -1.06. The second-order valence-electron chi connectivity index (χ2n) is 4.98. The van der Waals surface area contributed by atoms with Gasteiger partial charge in [-0.2, -0.15) is 0 Å². The number of carboxylic acids is 1. The number of benzene rings is 1. The molecule has 0 aliphatic carbocycles. The maximum Gasteiger partial charge on any atom is 0.326 e. The number of carboxylic acid groups (broad SMARTS) is 1. The lowest BCUT2D eigenvalue weighted by Gasteiger charge is -2.16. The lowest BCUT2D eigenvalue weighted by Crippen LogP contribution is -2.43. The highest BCUT2D eigenvalue weighted by Crippen LogP contribution is 2.31. The molecule has 1 aromatic rings. The highest BCUT2D eigenvalue weighted by Gasteiger charge is 2.22. The quantitative estimate of drug-likeness (QED) is 0.752. The minimum absolute atomic E-state index is 0.207. The molecule has 0 aliphatic rings. The molecule has 1 aromatic carbocycles. The van der Waals surface area contributed by atoms with Crippen molar-refractivity contribution in [2.45, 2.75) is 19.9 Å². The Labute approximate surface area is 129 Å². The van der Waals surface area contributed by atoms with Gasteiger partial charge in [0.1, 0.15) is 6.04 Å². The summed E-state index contributed by atoms with van der Waals surface area (Å²) in [6.45, 7) is 3.46. The van der Waals surface area contributed by atoms with Gasteiger partial charge in [0.25, 0.3) is 0 Å². The number of para-hydroxylation sites is 1. The van der Waals surface area contributed by atoms with Gasteiger partial charge >= 0.3 is 5.97 Å². The SMILES string of the molecule is COc1cccc(/C=C/C(=O)N[C@@H](C(=O)O)C(C)C)c1OC. The van der Waals surface area contributed by atoms with Crippen molar-refractivity contribution >= 4 is 18.0 Å². The van der Waals surface area contributed by atoms with Gasteiger partial charge < -0.3 is 19.9 Å². The zero-order chi connectivity index (χ0) is 16.7. The molecule has 0 saturated heterocycles. The third-order valence-corrected chi connectivity index (χ3v) is 3.08. The number of nitrogens with one attached hydrogen (secondary N) is 1. The lowest BCUT2D eigenvalue weighted by atomic mass is 10.0. The van der Waals surface area contributed by atoms with E-state index in [9.17, 15) is 9.59 Å². The summed E-state index contributed by atoms with van der Waals surface area (Å²) < 4.78 is 10.4. The maximum absolute atomic E-state index is 11.9. The Balaban J connectivity index is 2.88. The van der Waals surface area contributed by atoms with E-state index in [1.807, 2.05) is 0 Å². The number of aliphatic carboxylic acids is 1. The van der Waals surface area contributed by atoms with Crippen molar-refractivity contribution in [2.75, 3.05) is 14.2 Å². The number of methoxy groups -OCH3 is 2. The topological polar surface area (TPSA) is 84.9 Å². The van der Waals surface area contributed by atoms with E-state index in [2.05, 4.69) is 5.32 Å². The first-order chi connectivity index (χ1) is 10.4. The van der Waals surface area contributed by atoms with Gasteiger partial charge in [-0.3, -0.25) is 4.79 Å². The summed E-state index contributed by atoms with van der Waals surface area (Å²) in [5, 5.41) is 11.5. The van der Waals surface area contributed by atoms with E-state index in [0.717, 1.165) is 0 Å². The second-order valence-corrected chi connectivity index (χ2v) is 4.98. The van der Waals surface area contributed by atoms with Crippen molar-refractivity contribution < 1.29 is 24.2 Å². The van der Waals surface area contributed by atoms with Crippen LogP contribution in [0.25, 0.3) is 6.08 Å². The molecule has 0 heterocycles. The normalized spacial score (nSPS) is 12.2. The van der Waals surface area contributed by atoms with Crippen LogP contribution in [-0.2, 0) is 9.59 Å². The van der Waals surface area contributed by atoms with Crippen molar-refractivity contribution in [1.29, 1.82) is 0 Å². The van der Waals surface area contributed by atoms with Gasteiger partial charge in [0.2, 0.25) is 5.91 Å². The van der Waals surface area contributed by atoms with Crippen molar-refractivity contribution in [3.8, 4) is 11.5 Å². The Kier molecular flexibility index (Phi) is 6.44. The molecule has 1 amide bonds. The molecular formula is C16H21NO5. The first kappa shape index (κ1) is 17.6. The van der Waals surface area contributed by atoms with E-state index in [-0.39, 0.29) is 5.92 Å². The van der Waals surface area contributed by atoms with E-state index in [0.29, 0.717) is 17.1 Å². The van der Waals surface area contributed by atoms with E-state index >= 15 is 0 Å². The largest absolute Gasteiger partial charge is 0.493 e. The first-order valence-corrected chi connectivity index (χ1v) is 6.83. The first-order valence-electron chi connectivity index (χ1n) is 6.83. The van der Waals surface area contributed by atoms with E-state index in [1.54, 1.807) is 38.1 Å². The number of carbonyl (C=O) groups excluding carboxylic acids is 1. The summed E-state index contributed by atoms with van der Waals surface area (Å²) in [6, 6.07) is 4.36. The Morgan fingerprint density at radius 2 is 1.91 bits per heavy atom. The molecule has 2 N–H and O–H groups in total. The van der Waals surface area contributed by atoms with Crippen LogP contribution in [0.15, 0.2) is 24.3 Å². The van der Waals surface area contributed by atoms with Gasteiger partial charge in [-0.25, -0.2) is 4.79 Å². The third-order valence-electron chi connectivity index (χ3n) is 3.08. The predicted molar refractivity (Wildman–Crippen MR) is 83.0 cm³/mol. The molecule has 0 spiro atoms. The maximum atomic E-state index is 11.9. The Hall–Kier alpha value is -2.50. The van der Waals surface area contributed by atoms with E-state index in [4.69, 9.17) is 14.6 Å². The fourth-order valence-corrected chi connectivity index (χ4v) is 1.92. The van der Waals surface area contributed by atoms with Gasteiger partial charge in [0.15, 0.2) is 11.5 Å². The van der Waals surface area contributed by atoms with Crippen molar-refractivity contribution in [3.63, 3.8) is 0 Å². The van der Waals surface area contributed by atoms with Gasteiger partial charge in [-0.1, -0.05) is 26.0 Å². The average Bonchev–Trinajstić information content (AvgIpc) is 2.49. The van der Waals surface area contributed by atoms with Crippen LogP contribution in [0.5, 0.6) is 11.5 Å². The van der Waals surface area contributed by atoms with Crippen LogP contribution in [0, 0.1) is 5.92 Å². The molecule has 0 radical (unpaired) electrons. The number of hydrogen-bond acceptors (Lipinski definition) is 4. The molecule has 0 saturated carbocycles. The summed E-state index contributed by atoms with van der Waals surface area (Å²) in [5.41, 5.74) is 0.661. The predicted octanol–water partition coefficient (Wildman–Crippen LogP) is 1.94. The molecule has 22 heavy (non-hydrogen) atoms. The van der Waals surface area contributed by atoms with Gasteiger partial charge in [0.05, 0.1) is 14.2 Å². The van der Waals surface area contributed by atoms with E-state index in [1.165, 1.54) is 20.3 Å². The summed E-state index contributed by atoms with van der Waals surface area (Å²) in [4.78, 5) is 22.9. The number of ether oxygens (including phenoxy) is 2. The highest BCUT2D eigenvalue weighted by molar-refractivity contribution is 5.94. The minimum Gasteiger partial charge on any atom is -0.493 e. The number of rotatable bonds is 7. The van der Waals surface area contributed by atoms with Crippen LogP contribution < -0.4 is 14.8 Å². The molecule has 6 heteroatoms. The van der Waals surface area contributed by atoms with Crippen molar-refractivity contribution in [3.05, 3.63) is 29.8 Å². The van der Waals surface area contributed by atoms with Crippen LogP contribution in [0.2, 0.25) is 0 Å². The lowest BCUT2D eigenvalue weighted by molar-refractivity contribution is -0.142. The van der Waals surface area contributed by atoms with Crippen LogP contribution in [0.4, 0.5) is 0 Å². The zero-order valence-corrected chi connectivity index (χ0v) is 13.1. The average molecular weight is 307 g/mol. The number of hydrogen-bond donors (Lipinski definition) is 2. The molecule has 0 aromatic heterocycles. The molecule has 1 atom stereocenters. The van der Waals surface area contributed by atoms with E-state index < -0.39 is 17.9 Å². The molecule has 0 bridgehead atoms. The molecule has 0 aliphatic heterocycles. The van der Waals surface area contributed by atoms with Crippen molar-refractivity contribution in [1.82, 2.24) is 5.32 Å². The Morgan fingerprint density at radius 3 is 2.41 bits per heavy atom.